The minimum Gasteiger partial charge on any atom is -0.331 e. The van der Waals surface area contributed by atoms with E-state index in [4.69, 9.17) is 0 Å². The van der Waals surface area contributed by atoms with Gasteiger partial charge in [-0.05, 0) is 19.3 Å². The number of urea groups is 1. The summed E-state index contributed by atoms with van der Waals surface area (Å²) in [5.74, 6) is 1.98. The number of rotatable bonds is 10. The molecule has 0 aromatic carbocycles. The molecule has 0 aromatic rings. The number of thioether (sulfide) groups is 1. The van der Waals surface area contributed by atoms with Crippen molar-refractivity contribution in [2.45, 2.75) is 63.5 Å². The molecule has 0 spiro atoms. The van der Waals surface area contributed by atoms with Gasteiger partial charge in [0.2, 0.25) is 0 Å². The highest BCUT2D eigenvalue weighted by atomic mass is 32.2. The Labute approximate surface area is 131 Å². The molecular weight excluding hydrogens is 286 g/mol. The number of hydrazine groups is 1. The maximum Gasteiger partial charge on any atom is 0.332 e. The lowest BCUT2D eigenvalue weighted by Gasteiger charge is -2.36. The van der Waals surface area contributed by atoms with Crippen molar-refractivity contribution in [1.29, 1.82) is 0 Å². The van der Waals surface area contributed by atoms with Crippen LogP contribution in [-0.2, 0) is 4.79 Å². The number of hydrogen-bond donors (Lipinski definition) is 2. The van der Waals surface area contributed by atoms with E-state index in [0.717, 1.165) is 50.0 Å². The smallest absolute Gasteiger partial charge is 0.331 e. The number of carbonyl (C=O) groups is 2. The highest BCUT2D eigenvalue weighted by Crippen LogP contribution is 2.40. The topological polar surface area (TPSA) is 61.4 Å². The zero-order valence-corrected chi connectivity index (χ0v) is 13.7. The van der Waals surface area contributed by atoms with Gasteiger partial charge in [0.1, 0.15) is 6.29 Å². The molecule has 0 aromatic heterocycles. The first kappa shape index (κ1) is 16.6. The summed E-state index contributed by atoms with van der Waals surface area (Å²) in [7, 11) is 0. The van der Waals surface area contributed by atoms with E-state index in [2.05, 4.69) is 17.7 Å². The van der Waals surface area contributed by atoms with Crippen molar-refractivity contribution in [3.8, 4) is 0 Å². The minimum absolute atomic E-state index is 0.0205. The van der Waals surface area contributed by atoms with Crippen LogP contribution in [-0.4, -0.2) is 47.0 Å². The first-order chi connectivity index (χ1) is 10.2. The summed E-state index contributed by atoms with van der Waals surface area (Å²) in [5, 5.41) is 4.99. The van der Waals surface area contributed by atoms with E-state index in [9.17, 15) is 9.59 Å². The van der Waals surface area contributed by atoms with Gasteiger partial charge in [-0.25, -0.2) is 10.2 Å². The van der Waals surface area contributed by atoms with E-state index in [1.54, 1.807) is 0 Å². The highest BCUT2D eigenvalue weighted by molar-refractivity contribution is 7.99. The van der Waals surface area contributed by atoms with Crippen LogP contribution in [0.25, 0.3) is 0 Å². The summed E-state index contributed by atoms with van der Waals surface area (Å²) < 4.78 is 0. The zero-order chi connectivity index (χ0) is 15.1. The molecule has 2 amide bonds. The van der Waals surface area contributed by atoms with Gasteiger partial charge in [0, 0.05) is 24.5 Å². The van der Waals surface area contributed by atoms with Crippen LogP contribution in [0.15, 0.2) is 0 Å². The molecule has 2 fully saturated rings. The Morgan fingerprint density at radius 3 is 3.05 bits per heavy atom. The van der Waals surface area contributed by atoms with Gasteiger partial charge in [-0.1, -0.05) is 26.2 Å². The lowest BCUT2D eigenvalue weighted by molar-refractivity contribution is -0.108. The second-order valence-electron chi connectivity index (χ2n) is 5.98. The van der Waals surface area contributed by atoms with Gasteiger partial charge in [0.25, 0.3) is 0 Å². The molecule has 5 nitrogen and oxygen atoms in total. The number of amides is 2. The molecule has 2 aliphatic heterocycles. The van der Waals surface area contributed by atoms with Crippen LogP contribution in [0.2, 0.25) is 0 Å². The molecule has 2 aliphatic rings. The van der Waals surface area contributed by atoms with Crippen molar-refractivity contribution < 1.29 is 9.59 Å². The Hall–Kier alpha value is -0.750. The van der Waals surface area contributed by atoms with Crippen molar-refractivity contribution in [3.63, 3.8) is 0 Å². The molecule has 2 rings (SSSR count). The van der Waals surface area contributed by atoms with Crippen LogP contribution in [0, 0.1) is 0 Å². The van der Waals surface area contributed by atoms with Crippen LogP contribution in [0.5, 0.6) is 0 Å². The number of nitrogens with zero attached hydrogens (tertiary/aromatic N) is 1. The fourth-order valence-electron chi connectivity index (χ4n) is 3.23. The molecule has 21 heavy (non-hydrogen) atoms. The highest BCUT2D eigenvalue weighted by Gasteiger charge is 2.55. The Morgan fingerprint density at radius 2 is 2.29 bits per heavy atom. The lowest BCUT2D eigenvalue weighted by Crippen LogP contribution is -2.57. The standard InChI is InChI=1S/C15H27N3O2S/c1-2-3-6-9-16-18-14(20)17-13-11-21-12-15(13,18)8-5-4-7-10-19/h10,13,16H,2-9,11-12H2,1H3,(H,17,20). The molecule has 0 saturated carbocycles. The normalized spacial score (nSPS) is 27.8. The second kappa shape index (κ2) is 8.03. The molecule has 2 heterocycles. The van der Waals surface area contributed by atoms with Gasteiger partial charge in [0.05, 0.1) is 11.6 Å². The molecule has 120 valence electrons. The second-order valence-corrected chi connectivity index (χ2v) is 7.01. The third kappa shape index (κ3) is 3.72. The predicted molar refractivity (Wildman–Crippen MR) is 86.3 cm³/mol. The number of carbonyl (C=O) groups excluding carboxylic acids is 2. The van der Waals surface area contributed by atoms with E-state index in [1.165, 1.54) is 12.8 Å². The predicted octanol–water partition coefficient (Wildman–Crippen LogP) is 2.32. The van der Waals surface area contributed by atoms with E-state index in [-0.39, 0.29) is 17.6 Å². The molecule has 0 radical (unpaired) electrons. The minimum atomic E-state index is -0.100. The average molecular weight is 313 g/mol. The Bertz CT molecular complexity index is 367. The average Bonchev–Trinajstić information content (AvgIpc) is 2.97. The van der Waals surface area contributed by atoms with Crippen molar-refractivity contribution in [1.82, 2.24) is 15.8 Å². The third-order valence-corrected chi connectivity index (χ3v) is 5.74. The number of unbranched alkanes of at least 4 members (excludes halogenated alkanes) is 4. The fourth-order valence-corrected chi connectivity index (χ4v) is 4.81. The van der Waals surface area contributed by atoms with Crippen LogP contribution in [0.3, 0.4) is 0 Å². The molecule has 2 saturated heterocycles. The van der Waals surface area contributed by atoms with Gasteiger partial charge >= 0.3 is 6.03 Å². The van der Waals surface area contributed by atoms with E-state index < -0.39 is 0 Å². The van der Waals surface area contributed by atoms with Crippen molar-refractivity contribution in [2.24, 2.45) is 0 Å². The lowest BCUT2D eigenvalue weighted by atomic mass is 9.88. The summed E-state index contributed by atoms with van der Waals surface area (Å²) in [6, 6.07) is 0.261. The fraction of sp³-hybridized carbons (Fsp3) is 0.867. The Balaban J connectivity index is 1.94. The van der Waals surface area contributed by atoms with E-state index in [1.807, 2.05) is 16.8 Å². The van der Waals surface area contributed by atoms with Crippen molar-refractivity contribution in [2.75, 3.05) is 18.1 Å². The van der Waals surface area contributed by atoms with Gasteiger partial charge < -0.3 is 10.1 Å². The summed E-state index contributed by atoms with van der Waals surface area (Å²) in [4.78, 5) is 22.7. The first-order valence-corrected chi connectivity index (χ1v) is 9.25. The Kier molecular flexibility index (Phi) is 6.36. The SMILES string of the molecule is CCCCCNN1C(=O)NC2CSCC21CCCCC=O. The number of hydrogen-bond acceptors (Lipinski definition) is 4. The first-order valence-electron chi connectivity index (χ1n) is 8.10. The monoisotopic (exact) mass is 313 g/mol. The van der Waals surface area contributed by atoms with Crippen LogP contribution >= 0.6 is 11.8 Å². The molecule has 2 unspecified atom stereocenters. The summed E-state index contributed by atoms with van der Waals surface area (Å²) >= 11 is 1.91. The van der Waals surface area contributed by atoms with Crippen LogP contribution < -0.4 is 10.7 Å². The quantitative estimate of drug-likeness (QED) is 0.369. The number of aldehydes is 1. The third-order valence-electron chi connectivity index (χ3n) is 4.46. The number of fused-ring (bicyclic) bond motifs is 1. The number of nitrogens with one attached hydrogen (secondary N) is 2. The van der Waals surface area contributed by atoms with Gasteiger partial charge in [-0.2, -0.15) is 11.8 Å². The molecule has 2 N–H and O–H groups in total. The van der Waals surface area contributed by atoms with Gasteiger partial charge in [0.15, 0.2) is 0 Å². The maximum atomic E-state index is 12.2. The molecule has 0 aliphatic carbocycles. The van der Waals surface area contributed by atoms with Gasteiger partial charge in [-0.15, -0.1) is 0 Å². The zero-order valence-electron chi connectivity index (χ0n) is 12.9. The molecule has 2 atom stereocenters. The molecule has 0 bridgehead atoms. The largest absolute Gasteiger partial charge is 0.332 e. The summed E-state index contributed by atoms with van der Waals surface area (Å²) in [6.07, 6.45) is 7.96. The van der Waals surface area contributed by atoms with Crippen LogP contribution in [0.4, 0.5) is 4.79 Å². The Morgan fingerprint density at radius 1 is 1.43 bits per heavy atom. The molecule has 6 heteroatoms. The maximum absolute atomic E-state index is 12.2. The summed E-state index contributed by atoms with van der Waals surface area (Å²) in [5.41, 5.74) is 3.26. The van der Waals surface area contributed by atoms with Crippen LogP contribution in [0.1, 0.15) is 51.9 Å². The van der Waals surface area contributed by atoms with Crippen molar-refractivity contribution >= 4 is 24.1 Å². The summed E-state index contributed by atoms with van der Waals surface area (Å²) in [6.45, 7) is 3.04. The van der Waals surface area contributed by atoms with E-state index >= 15 is 0 Å². The van der Waals surface area contributed by atoms with Crippen molar-refractivity contribution in [3.05, 3.63) is 0 Å². The molecular formula is C15H27N3O2S. The van der Waals surface area contributed by atoms with E-state index in [0.29, 0.717) is 6.42 Å². The van der Waals surface area contributed by atoms with Gasteiger partial charge in [-0.3, -0.25) is 5.01 Å².